The molecule has 1 saturated heterocycles. The van der Waals surface area contributed by atoms with Crippen molar-refractivity contribution in [3.05, 3.63) is 29.8 Å². The number of benzene rings is 1. The Balaban J connectivity index is 2.10. The Hall–Kier alpha value is -1.09. The number of para-hydroxylation sites is 1. The Morgan fingerprint density at radius 2 is 1.93 bits per heavy atom. The molecule has 1 aliphatic heterocycles. The van der Waals surface area contributed by atoms with E-state index in [-0.39, 0.29) is 5.75 Å². The number of phenolic OH excluding ortho intramolecular Hbond substituents is 1. The van der Waals surface area contributed by atoms with Crippen molar-refractivity contribution in [2.75, 3.05) is 13.1 Å². The number of aromatic hydroxyl groups is 1. The Bertz CT molecular complexity index is 334. The SMILES string of the molecule is Oc1ccccc1CC1(F)CCNCC1. The Labute approximate surface area is 89.1 Å². The van der Waals surface area contributed by atoms with Crippen molar-refractivity contribution < 1.29 is 9.50 Å². The summed E-state index contributed by atoms with van der Waals surface area (Å²) in [4.78, 5) is 0. The molecule has 0 saturated carbocycles. The number of hydrogen-bond donors (Lipinski definition) is 2. The van der Waals surface area contributed by atoms with E-state index in [9.17, 15) is 9.50 Å². The lowest BCUT2D eigenvalue weighted by Gasteiger charge is -2.30. The highest BCUT2D eigenvalue weighted by molar-refractivity contribution is 5.33. The highest BCUT2D eigenvalue weighted by Gasteiger charge is 2.32. The van der Waals surface area contributed by atoms with E-state index >= 15 is 0 Å². The van der Waals surface area contributed by atoms with Gasteiger partial charge in [-0.2, -0.15) is 0 Å². The predicted octanol–water partition coefficient (Wildman–Crippen LogP) is 2.03. The molecule has 2 nitrogen and oxygen atoms in total. The second-order valence-corrected chi connectivity index (χ2v) is 4.21. The second kappa shape index (κ2) is 4.19. The summed E-state index contributed by atoms with van der Waals surface area (Å²) < 4.78 is 14.3. The van der Waals surface area contributed by atoms with E-state index in [0.717, 1.165) is 13.1 Å². The fourth-order valence-corrected chi connectivity index (χ4v) is 2.05. The van der Waals surface area contributed by atoms with Crippen LogP contribution in [0.4, 0.5) is 4.39 Å². The van der Waals surface area contributed by atoms with Crippen LogP contribution < -0.4 is 5.32 Å². The maximum atomic E-state index is 14.3. The monoisotopic (exact) mass is 209 g/mol. The average molecular weight is 209 g/mol. The van der Waals surface area contributed by atoms with Crippen LogP contribution in [0.15, 0.2) is 24.3 Å². The third kappa shape index (κ3) is 2.48. The van der Waals surface area contributed by atoms with Gasteiger partial charge in [0.05, 0.1) is 0 Å². The summed E-state index contributed by atoms with van der Waals surface area (Å²) in [5.41, 5.74) is -0.439. The fourth-order valence-electron chi connectivity index (χ4n) is 2.05. The molecule has 0 radical (unpaired) electrons. The van der Waals surface area contributed by atoms with E-state index in [1.165, 1.54) is 0 Å². The first-order valence-electron chi connectivity index (χ1n) is 5.36. The number of nitrogens with one attached hydrogen (secondary N) is 1. The van der Waals surface area contributed by atoms with Crippen LogP contribution in [0.1, 0.15) is 18.4 Å². The minimum absolute atomic E-state index is 0.202. The molecule has 1 aromatic rings. The predicted molar refractivity (Wildman–Crippen MR) is 57.8 cm³/mol. The van der Waals surface area contributed by atoms with Gasteiger partial charge < -0.3 is 10.4 Å². The van der Waals surface area contributed by atoms with Crippen LogP contribution in [0.5, 0.6) is 5.75 Å². The van der Waals surface area contributed by atoms with E-state index in [2.05, 4.69) is 5.32 Å². The van der Waals surface area contributed by atoms with Crippen LogP contribution in [-0.2, 0) is 6.42 Å². The lowest BCUT2D eigenvalue weighted by molar-refractivity contribution is 0.115. The van der Waals surface area contributed by atoms with E-state index in [1.54, 1.807) is 18.2 Å². The molecule has 0 aromatic heterocycles. The summed E-state index contributed by atoms with van der Waals surface area (Å²) in [6, 6.07) is 6.99. The van der Waals surface area contributed by atoms with Gasteiger partial charge in [-0.25, -0.2) is 4.39 Å². The molecule has 2 rings (SSSR count). The zero-order valence-corrected chi connectivity index (χ0v) is 8.67. The smallest absolute Gasteiger partial charge is 0.118 e. The van der Waals surface area contributed by atoms with E-state index < -0.39 is 5.67 Å². The van der Waals surface area contributed by atoms with E-state index in [1.807, 2.05) is 6.07 Å². The van der Waals surface area contributed by atoms with Crippen LogP contribution in [0.2, 0.25) is 0 Å². The Morgan fingerprint density at radius 1 is 1.27 bits per heavy atom. The van der Waals surface area contributed by atoms with Crippen LogP contribution >= 0.6 is 0 Å². The zero-order chi connectivity index (χ0) is 10.7. The quantitative estimate of drug-likeness (QED) is 0.781. The van der Waals surface area contributed by atoms with Gasteiger partial charge in [-0.3, -0.25) is 0 Å². The van der Waals surface area contributed by atoms with Gasteiger partial charge in [-0.15, -0.1) is 0 Å². The molecule has 0 aliphatic carbocycles. The maximum absolute atomic E-state index is 14.3. The number of hydrogen-bond acceptors (Lipinski definition) is 2. The molecule has 1 fully saturated rings. The summed E-state index contributed by atoms with van der Waals surface area (Å²) >= 11 is 0. The lowest BCUT2D eigenvalue weighted by atomic mass is 9.87. The average Bonchev–Trinajstić information content (AvgIpc) is 2.22. The molecule has 2 N–H and O–H groups in total. The lowest BCUT2D eigenvalue weighted by Crippen LogP contribution is -2.40. The van der Waals surface area contributed by atoms with Gasteiger partial charge in [-0.1, -0.05) is 18.2 Å². The van der Waals surface area contributed by atoms with Gasteiger partial charge in [0.25, 0.3) is 0 Å². The Morgan fingerprint density at radius 3 is 2.60 bits per heavy atom. The highest BCUT2D eigenvalue weighted by atomic mass is 19.1. The Kier molecular flexibility index (Phi) is 2.91. The van der Waals surface area contributed by atoms with Crippen molar-refractivity contribution in [1.29, 1.82) is 0 Å². The molecule has 1 heterocycles. The number of alkyl halides is 1. The summed E-state index contributed by atoms with van der Waals surface area (Å²) in [6.07, 6.45) is 1.38. The van der Waals surface area contributed by atoms with E-state index in [4.69, 9.17) is 0 Å². The second-order valence-electron chi connectivity index (χ2n) is 4.21. The van der Waals surface area contributed by atoms with Crippen LogP contribution in [0.25, 0.3) is 0 Å². The fraction of sp³-hybridized carbons (Fsp3) is 0.500. The molecule has 82 valence electrons. The molecule has 1 aromatic carbocycles. The van der Waals surface area contributed by atoms with Crippen LogP contribution in [0.3, 0.4) is 0 Å². The first-order valence-corrected chi connectivity index (χ1v) is 5.36. The molecular weight excluding hydrogens is 193 g/mol. The van der Waals surface area contributed by atoms with Crippen molar-refractivity contribution >= 4 is 0 Å². The largest absolute Gasteiger partial charge is 0.508 e. The number of rotatable bonds is 2. The van der Waals surface area contributed by atoms with Gasteiger partial charge in [0.15, 0.2) is 0 Å². The molecule has 0 spiro atoms. The number of phenols is 1. The van der Waals surface area contributed by atoms with Gasteiger partial charge >= 0.3 is 0 Å². The molecule has 0 bridgehead atoms. The van der Waals surface area contributed by atoms with Crippen LogP contribution in [0, 0.1) is 0 Å². The van der Waals surface area contributed by atoms with Gasteiger partial charge in [0, 0.05) is 6.42 Å². The maximum Gasteiger partial charge on any atom is 0.118 e. The molecular formula is C12H16FNO. The standard InChI is InChI=1S/C12H16FNO/c13-12(5-7-14-8-6-12)9-10-3-1-2-4-11(10)15/h1-4,14-15H,5-9H2. The van der Waals surface area contributed by atoms with E-state index in [0.29, 0.717) is 24.8 Å². The molecule has 1 aliphatic rings. The summed E-state index contributed by atoms with van der Waals surface area (Å²) in [5.74, 6) is 0.202. The van der Waals surface area contributed by atoms with Gasteiger partial charge in [0.1, 0.15) is 11.4 Å². The van der Waals surface area contributed by atoms with Crippen molar-refractivity contribution in [3.8, 4) is 5.75 Å². The normalized spacial score (nSPS) is 20.1. The minimum atomic E-state index is -1.15. The first kappa shape index (κ1) is 10.4. The molecule has 3 heteroatoms. The van der Waals surface area contributed by atoms with Crippen molar-refractivity contribution in [1.82, 2.24) is 5.32 Å². The molecule has 0 unspecified atom stereocenters. The first-order chi connectivity index (χ1) is 7.20. The highest BCUT2D eigenvalue weighted by Crippen LogP contribution is 2.30. The topological polar surface area (TPSA) is 32.3 Å². The van der Waals surface area contributed by atoms with Crippen molar-refractivity contribution in [3.63, 3.8) is 0 Å². The molecule has 0 atom stereocenters. The van der Waals surface area contributed by atoms with Crippen LogP contribution in [-0.4, -0.2) is 23.9 Å². The van der Waals surface area contributed by atoms with Crippen molar-refractivity contribution in [2.24, 2.45) is 0 Å². The van der Waals surface area contributed by atoms with Gasteiger partial charge in [0.2, 0.25) is 0 Å². The van der Waals surface area contributed by atoms with Crippen molar-refractivity contribution in [2.45, 2.75) is 24.9 Å². The van der Waals surface area contributed by atoms with Gasteiger partial charge in [-0.05, 0) is 37.6 Å². The molecule has 0 amide bonds. The third-order valence-electron chi connectivity index (χ3n) is 3.00. The number of piperidine rings is 1. The summed E-state index contributed by atoms with van der Waals surface area (Å²) in [6.45, 7) is 1.45. The summed E-state index contributed by atoms with van der Waals surface area (Å²) in [5, 5.41) is 12.7. The minimum Gasteiger partial charge on any atom is -0.508 e. The zero-order valence-electron chi connectivity index (χ0n) is 8.67. The number of halogens is 1. The molecule has 15 heavy (non-hydrogen) atoms. The third-order valence-corrected chi connectivity index (χ3v) is 3.00. The summed E-state index contributed by atoms with van der Waals surface area (Å²) in [7, 11) is 0.